The predicted molar refractivity (Wildman–Crippen MR) is 82.1 cm³/mol. The number of piperidine rings is 1. The van der Waals surface area contributed by atoms with Crippen LogP contribution in [0.4, 0.5) is 5.69 Å². The minimum atomic E-state index is 0.0302. The fraction of sp³-hybridized carbons (Fsp3) is 0.562. The van der Waals surface area contributed by atoms with Gasteiger partial charge in [0.1, 0.15) is 11.5 Å². The lowest BCUT2D eigenvalue weighted by atomic mass is 10.0. The molecule has 1 aromatic rings. The lowest BCUT2D eigenvalue weighted by molar-refractivity contribution is -0.900. The van der Waals surface area contributed by atoms with Crippen LogP contribution in [0.5, 0.6) is 11.5 Å². The van der Waals surface area contributed by atoms with Crippen LogP contribution in [-0.4, -0.2) is 39.8 Å². The van der Waals surface area contributed by atoms with E-state index in [2.05, 4.69) is 12.2 Å². The molecule has 0 aliphatic carbocycles. The van der Waals surface area contributed by atoms with Crippen molar-refractivity contribution in [1.29, 1.82) is 0 Å². The first kappa shape index (κ1) is 15.6. The molecular weight excluding hydrogens is 268 g/mol. The summed E-state index contributed by atoms with van der Waals surface area (Å²) in [6, 6.07) is 5.39. The molecule has 2 N–H and O–H groups in total. The average Bonchev–Trinajstić information content (AvgIpc) is 2.47. The lowest BCUT2D eigenvalue weighted by Crippen LogP contribution is -3.14. The van der Waals surface area contributed by atoms with E-state index in [1.54, 1.807) is 20.3 Å². The molecule has 21 heavy (non-hydrogen) atoms. The van der Waals surface area contributed by atoms with Crippen LogP contribution >= 0.6 is 0 Å². The number of rotatable bonds is 5. The van der Waals surface area contributed by atoms with Gasteiger partial charge < -0.3 is 19.7 Å². The van der Waals surface area contributed by atoms with E-state index < -0.39 is 0 Å². The fourth-order valence-electron chi connectivity index (χ4n) is 2.88. The molecule has 1 saturated heterocycles. The van der Waals surface area contributed by atoms with Crippen LogP contribution in [0.2, 0.25) is 0 Å². The summed E-state index contributed by atoms with van der Waals surface area (Å²) in [6.07, 6.45) is 2.48. The van der Waals surface area contributed by atoms with E-state index in [4.69, 9.17) is 9.47 Å². The van der Waals surface area contributed by atoms with Crippen molar-refractivity contribution in [2.75, 3.05) is 39.2 Å². The highest BCUT2D eigenvalue weighted by Crippen LogP contribution is 2.28. The van der Waals surface area contributed by atoms with E-state index in [0.29, 0.717) is 29.6 Å². The molecule has 0 radical (unpaired) electrons. The van der Waals surface area contributed by atoms with Crippen molar-refractivity contribution in [3.63, 3.8) is 0 Å². The standard InChI is InChI=1S/C16H24N2O3/c1-12-5-4-8-18(10-12)11-16(19)17-14-7-6-13(20-2)9-15(14)21-3/h6-7,9,12H,4-5,8,10-11H2,1-3H3,(H,17,19)/p+1/t12-/m1/s1. The molecule has 0 aromatic heterocycles. The van der Waals surface area contributed by atoms with Crippen molar-refractivity contribution in [2.45, 2.75) is 19.8 Å². The number of likely N-dealkylation sites (tertiary alicyclic amines) is 1. The van der Waals surface area contributed by atoms with Gasteiger partial charge in [0.25, 0.3) is 5.91 Å². The summed E-state index contributed by atoms with van der Waals surface area (Å²) in [6.45, 7) is 4.92. The number of carbonyl (C=O) groups excluding carboxylic acids is 1. The first-order chi connectivity index (χ1) is 10.1. The van der Waals surface area contributed by atoms with E-state index in [0.717, 1.165) is 13.1 Å². The highest BCUT2D eigenvalue weighted by Gasteiger charge is 2.22. The first-order valence-electron chi connectivity index (χ1n) is 7.47. The molecule has 1 heterocycles. The second kappa shape index (κ2) is 7.31. The van der Waals surface area contributed by atoms with E-state index in [1.165, 1.54) is 17.7 Å². The fourth-order valence-corrected chi connectivity index (χ4v) is 2.88. The number of hydrogen-bond acceptors (Lipinski definition) is 3. The molecule has 1 amide bonds. The minimum Gasteiger partial charge on any atom is -0.497 e. The molecule has 2 atom stereocenters. The van der Waals surface area contributed by atoms with Gasteiger partial charge in [0, 0.05) is 12.0 Å². The summed E-state index contributed by atoms with van der Waals surface area (Å²) in [4.78, 5) is 13.6. The normalized spacial score (nSPS) is 21.7. The molecule has 5 nitrogen and oxygen atoms in total. The Labute approximate surface area is 126 Å². The molecule has 1 aliphatic rings. The highest BCUT2D eigenvalue weighted by atomic mass is 16.5. The third kappa shape index (κ3) is 4.36. The Balaban J connectivity index is 1.95. The van der Waals surface area contributed by atoms with Gasteiger partial charge in [0.2, 0.25) is 0 Å². The molecule has 5 heteroatoms. The Morgan fingerprint density at radius 1 is 1.38 bits per heavy atom. The first-order valence-corrected chi connectivity index (χ1v) is 7.47. The number of quaternary nitrogens is 1. The SMILES string of the molecule is COc1ccc(NC(=O)C[NH+]2CCC[C@@H](C)C2)c(OC)c1. The maximum Gasteiger partial charge on any atom is 0.279 e. The summed E-state index contributed by atoms with van der Waals surface area (Å²) in [7, 11) is 3.19. The number of ether oxygens (including phenoxy) is 2. The second-order valence-corrected chi connectivity index (χ2v) is 5.74. The minimum absolute atomic E-state index is 0.0302. The average molecular weight is 293 g/mol. The van der Waals surface area contributed by atoms with Gasteiger partial charge >= 0.3 is 0 Å². The summed E-state index contributed by atoms with van der Waals surface area (Å²) >= 11 is 0. The van der Waals surface area contributed by atoms with Crippen molar-refractivity contribution in [3.8, 4) is 11.5 Å². The second-order valence-electron chi connectivity index (χ2n) is 5.74. The van der Waals surface area contributed by atoms with Crippen molar-refractivity contribution >= 4 is 11.6 Å². The Bertz CT molecular complexity index is 490. The van der Waals surface area contributed by atoms with Gasteiger partial charge in [-0.1, -0.05) is 6.92 Å². The van der Waals surface area contributed by atoms with Crippen molar-refractivity contribution in [2.24, 2.45) is 5.92 Å². The highest BCUT2D eigenvalue weighted by molar-refractivity contribution is 5.93. The monoisotopic (exact) mass is 293 g/mol. The van der Waals surface area contributed by atoms with Crippen molar-refractivity contribution in [1.82, 2.24) is 0 Å². The Kier molecular flexibility index (Phi) is 5.44. The van der Waals surface area contributed by atoms with Gasteiger partial charge in [-0.25, -0.2) is 0 Å². The van der Waals surface area contributed by atoms with Crippen LogP contribution in [0.1, 0.15) is 19.8 Å². The van der Waals surface area contributed by atoms with Gasteiger partial charge in [-0.15, -0.1) is 0 Å². The molecule has 1 fully saturated rings. The summed E-state index contributed by atoms with van der Waals surface area (Å²) in [5.41, 5.74) is 0.688. The number of methoxy groups -OCH3 is 2. The summed E-state index contributed by atoms with van der Waals surface area (Å²) in [5, 5.41) is 2.93. The molecule has 1 aromatic carbocycles. The van der Waals surface area contributed by atoms with Gasteiger partial charge in [-0.2, -0.15) is 0 Å². The quantitative estimate of drug-likeness (QED) is 0.850. The Hall–Kier alpha value is -1.75. The van der Waals surface area contributed by atoms with Gasteiger partial charge in [0.05, 0.1) is 33.0 Å². The van der Waals surface area contributed by atoms with Crippen molar-refractivity contribution in [3.05, 3.63) is 18.2 Å². The van der Waals surface area contributed by atoms with Crippen molar-refractivity contribution < 1.29 is 19.2 Å². The zero-order valence-corrected chi connectivity index (χ0v) is 13.1. The van der Waals surface area contributed by atoms with Crippen LogP contribution in [0.15, 0.2) is 18.2 Å². The zero-order chi connectivity index (χ0) is 15.2. The Morgan fingerprint density at radius 3 is 2.86 bits per heavy atom. The predicted octanol–water partition coefficient (Wildman–Crippen LogP) is 0.957. The molecular formula is C16H25N2O3+. The van der Waals surface area contributed by atoms with Crippen LogP contribution < -0.4 is 19.7 Å². The molecule has 0 bridgehead atoms. The molecule has 0 spiro atoms. The third-order valence-corrected chi connectivity index (χ3v) is 3.96. The molecule has 116 valence electrons. The number of amides is 1. The summed E-state index contributed by atoms with van der Waals surface area (Å²) in [5.74, 6) is 2.06. The topological polar surface area (TPSA) is 52.0 Å². The molecule has 0 saturated carbocycles. The molecule has 1 aliphatic heterocycles. The molecule has 2 rings (SSSR count). The van der Waals surface area contributed by atoms with E-state index in [-0.39, 0.29) is 5.91 Å². The van der Waals surface area contributed by atoms with E-state index >= 15 is 0 Å². The number of hydrogen-bond donors (Lipinski definition) is 2. The van der Waals surface area contributed by atoms with Gasteiger partial charge in [-0.3, -0.25) is 4.79 Å². The smallest absolute Gasteiger partial charge is 0.279 e. The van der Waals surface area contributed by atoms with Gasteiger partial charge in [0.15, 0.2) is 6.54 Å². The number of benzene rings is 1. The number of anilines is 1. The zero-order valence-electron chi connectivity index (χ0n) is 13.1. The van der Waals surface area contributed by atoms with E-state index in [9.17, 15) is 4.79 Å². The third-order valence-electron chi connectivity index (χ3n) is 3.96. The van der Waals surface area contributed by atoms with Gasteiger partial charge in [-0.05, 0) is 25.0 Å². The summed E-state index contributed by atoms with van der Waals surface area (Å²) < 4.78 is 10.4. The van der Waals surface area contributed by atoms with Crippen LogP contribution in [0.3, 0.4) is 0 Å². The van der Waals surface area contributed by atoms with Crippen LogP contribution in [0, 0.1) is 5.92 Å². The lowest BCUT2D eigenvalue weighted by Gasteiger charge is -2.27. The Morgan fingerprint density at radius 2 is 2.19 bits per heavy atom. The maximum atomic E-state index is 12.2. The van der Waals surface area contributed by atoms with Crippen LogP contribution in [0.25, 0.3) is 0 Å². The maximum absolute atomic E-state index is 12.2. The molecule has 1 unspecified atom stereocenters. The van der Waals surface area contributed by atoms with E-state index in [1.807, 2.05) is 12.1 Å². The number of carbonyl (C=O) groups is 1. The largest absolute Gasteiger partial charge is 0.497 e. The number of nitrogens with one attached hydrogen (secondary N) is 2. The van der Waals surface area contributed by atoms with Crippen LogP contribution in [-0.2, 0) is 4.79 Å².